The van der Waals surface area contributed by atoms with Crippen LogP contribution in [-0.2, 0) is 20.8 Å². The van der Waals surface area contributed by atoms with Crippen molar-refractivity contribution >= 4 is 15.8 Å². The summed E-state index contributed by atoms with van der Waals surface area (Å²) in [7, 11) is -4.25. The number of hydrogen-bond donors (Lipinski definition) is 1. The Morgan fingerprint density at radius 3 is 2.32 bits per heavy atom. The lowest BCUT2D eigenvalue weighted by molar-refractivity contribution is -0.141. The summed E-state index contributed by atoms with van der Waals surface area (Å²) in [5.41, 5.74) is -1.25. The highest BCUT2D eigenvalue weighted by atomic mass is 32.2. The van der Waals surface area contributed by atoms with Gasteiger partial charge in [0, 0.05) is 12.0 Å². The third-order valence-electron chi connectivity index (χ3n) is 3.15. The maximum atomic E-state index is 13.0. The van der Waals surface area contributed by atoms with Crippen LogP contribution < -0.4 is 0 Å². The molecule has 2 rings (SSSR count). The first kappa shape index (κ1) is 18.8. The van der Waals surface area contributed by atoms with E-state index in [0.29, 0.717) is 11.6 Å². The minimum absolute atomic E-state index is 0.181. The van der Waals surface area contributed by atoms with E-state index in [-0.39, 0.29) is 12.1 Å². The highest BCUT2D eigenvalue weighted by Crippen LogP contribution is 2.31. The Hall–Kier alpha value is -2.49. The number of benzene rings is 1. The molecule has 1 heterocycles. The molecule has 0 unspecified atom stereocenters. The average molecular weight is 374 g/mol. The fourth-order valence-electron chi connectivity index (χ4n) is 1.97. The number of carboxylic acid groups (broad SMARTS) is 1. The number of carbonyl (C=O) groups is 1. The van der Waals surface area contributed by atoms with E-state index in [2.05, 4.69) is 9.97 Å². The van der Waals surface area contributed by atoms with Gasteiger partial charge in [-0.25, -0.2) is 18.4 Å². The highest BCUT2D eigenvalue weighted by molar-refractivity contribution is 7.91. The highest BCUT2D eigenvalue weighted by Gasteiger charge is 2.35. The molecule has 0 saturated heterocycles. The summed E-state index contributed by atoms with van der Waals surface area (Å²) in [5, 5.41) is 7.58. The number of alkyl halides is 3. The van der Waals surface area contributed by atoms with Crippen LogP contribution in [0.15, 0.2) is 41.6 Å². The molecule has 10 heteroatoms. The lowest BCUT2D eigenvalue weighted by atomic mass is 10.1. The van der Waals surface area contributed by atoms with E-state index in [0.717, 1.165) is 0 Å². The van der Waals surface area contributed by atoms with Crippen molar-refractivity contribution in [3.63, 3.8) is 0 Å². The molecular formula is C15H13F3N2O4S. The first-order valence-corrected chi connectivity index (χ1v) is 8.71. The van der Waals surface area contributed by atoms with Crippen LogP contribution in [0.25, 0.3) is 11.3 Å². The summed E-state index contributed by atoms with van der Waals surface area (Å²) in [6.07, 6.45) is -5.53. The Labute approximate surface area is 141 Å². The zero-order valence-electron chi connectivity index (χ0n) is 12.7. The van der Waals surface area contributed by atoms with Gasteiger partial charge in [0.05, 0.1) is 11.4 Å². The summed E-state index contributed by atoms with van der Waals surface area (Å²) in [5.74, 6) is -1.86. The second-order valence-corrected chi connectivity index (χ2v) is 7.10. The summed E-state index contributed by atoms with van der Waals surface area (Å²) in [6.45, 7) is 0. The van der Waals surface area contributed by atoms with Gasteiger partial charge in [-0.15, -0.1) is 0 Å². The van der Waals surface area contributed by atoms with Gasteiger partial charge in [0.15, 0.2) is 0 Å². The van der Waals surface area contributed by atoms with Crippen LogP contribution in [0.4, 0.5) is 13.2 Å². The molecule has 6 nitrogen and oxygen atoms in total. The second-order valence-electron chi connectivity index (χ2n) is 5.10. The molecule has 0 aliphatic carbocycles. The van der Waals surface area contributed by atoms with Gasteiger partial charge >= 0.3 is 12.1 Å². The SMILES string of the molecule is O=C(O)CCCS(=O)(=O)c1nc(-c2ccccc2)cc(C(F)(F)F)n1. The topological polar surface area (TPSA) is 97.2 Å². The lowest BCUT2D eigenvalue weighted by Gasteiger charge is -2.11. The molecule has 25 heavy (non-hydrogen) atoms. The van der Waals surface area contributed by atoms with Crippen LogP contribution in [0, 0.1) is 0 Å². The van der Waals surface area contributed by atoms with Crippen LogP contribution >= 0.6 is 0 Å². The van der Waals surface area contributed by atoms with Crippen LogP contribution in [0.1, 0.15) is 18.5 Å². The fraction of sp³-hybridized carbons (Fsp3) is 0.267. The Kier molecular flexibility index (Phi) is 5.41. The van der Waals surface area contributed by atoms with Gasteiger partial charge in [-0.2, -0.15) is 13.2 Å². The molecule has 0 atom stereocenters. The van der Waals surface area contributed by atoms with Crippen molar-refractivity contribution in [3.05, 3.63) is 42.1 Å². The van der Waals surface area contributed by atoms with E-state index in [4.69, 9.17) is 5.11 Å². The van der Waals surface area contributed by atoms with Crippen molar-refractivity contribution in [1.82, 2.24) is 9.97 Å². The third-order valence-corrected chi connectivity index (χ3v) is 4.71. The van der Waals surface area contributed by atoms with Gasteiger partial charge < -0.3 is 5.11 Å². The van der Waals surface area contributed by atoms with Gasteiger partial charge in [-0.1, -0.05) is 30.3 Å². The van der Waals surface area contributed by atoms with E-state index in [1.54, 1.807) is 18.2 Å². The van der Waals surface area contributed by atoms with Crippen molar-refractivity contribution < 1.29 is 31.5 Å². The predicted molar refractivity (Wildman–Crippen MR) is 81.4 cm³/mol. The van der Waals surface area contributed by atoms with Crippen molar-refractivity contribution in [2.45, 2.75) is 24.2 Å². The van der Waals surface area contributed by atoms with Crippen LogP contribution in [0.5, 0.6) is 0 Å². The number of hydrogen-bond acceptors (Lipinski definition) is 5. The molecule has 0 aliphatic rings. The van der Waals surface area contributed by atoms with Gasteiger partial charge in [-0.05, 0) is 12.5 Å². The molecule has 2 aromatic rings. The van der Waals surface area contributed by atoms with Crippen molar-refractivity contribution in [2.24, 2.45) is 0 Å². The molecule has 1 aromatic heterocycles. The molecule has 0 fully saturated rings. The van der Waals surface area contributed by atoms with Gasteiger partial charge in [-0.3, -0.25) is 4.79 Å². The number of sulfone groups is 1. The minimum atomic E-state index is -4.85. The van der Waals surface area contributed by atoms with E-state index >= 15 is 0 Å². The van der Waals surface area contributed by atoms with Gasteiger partial charge in [0.2, 0.25) is 15.0 Å². The maximum Gasteiger partial charge on any atom is 0.433 e. The molecular weight excluding hydrogens is 361 g/mol. The Morgan fingerprint density at radius 1 is 1.12 bits per heavy atom. The molecule has 0 bridgehead atoms. The molecule has 0 saturated carbocycles. The smallest absolute Gasteiger partial charge is 0.433 e. The molecule has 1 aromatic carbocycles. The number of nitrogens with zero attached hydrogens (tertiary/aromatic N) is 2. The normalized spacial score (nSPS) is 12.1. The van der Waals surface area contributed by atoms with Crippen LogP contribution in [0.3, 0.4) is 0 Å². The molecule has 134 valence electrons. The quantitative estimate of drug-likeness (QED) is 0.781. The first-order chi connectivity index (χ1) is 11.6. The standard InChI is InChI=1S/C15H13F3N2O4S/c16-15(17,18)12-9-11(10-5-2-1-3-6-10)19-14(20-12)25(23,24)8-4-7-13(21)22/h1-3,5-6,9H,4,7-8H2,(H,21,22). The monoisotopic (exact) mass is 374 g/mol. The fourth-order valence-corrected chi connectivity index (χ4v) is 3.15. The summed E-state index contributed by atoms with van der Waals surface area (Å²) < 4.78 is 63.5. The summed E-state index contributed by atoms with van der Waals surface area (Å²) in [4.78, 5) is 17.3. The molecule has 0 spiro atoms. The molecule has 1 N–H and O–H groups in total. The molecule has 0 aliphatic heterocycles. The number of halogens is 3. The van der Waals surface area contributed by atoms with Crippen LogP contribution in [0.2, 0.25) is 0 Å². The Morgan fingerprint density at radius 2 is 1.76 bits per heavy atom. The molecule has 0 radical (unpaired) electrons. The largest absolute Gasteiger partial charge is 0.481 e. The van der Waals surface area contributed by atoms with Crippen molar-refractivity contribution in [2.75, 3.05) is 5.75 Å². The third kappa shape index (κ3) is 4.99. The second kappa shape index (κ2) is 7.18. The van der Waals surface area contributed by atoms with E-state index in [1.807, 2.05) is 0 Å². The summed E-state index contributed by atoms with van der Waals surface area (Å²) in [6, 6.07) is 8.45. The Bertz CT molecular complexity index is 868. The number of aliphatic carboxylic acids is 1. The van der Waals surface area contributed by atoms with E-state index < -0.39 is 45.0 Å². The summed E-state index contributed by atoms with van der Waals surface area (Å²) >= 11 is 0. The number of carboxylic acids is 1. The predicted octanol–water partition coefficient (Wildman–Crippen LogP) is 2.80. The number of rotatable bonds is 6. The van der Waals surface area contributed by atoms with Gasteiger partial charge in [0.25, 0.3) is 0 Å². The average Bonchev–Trinajstić information content (AvgIpc) is 2.54. The lowest BCUT2D eigenvalue weighted by Crippen LogP contribution is -2.17. The first-order valence-electron chi connectivity index (χ1n) is 7.06. The van der Waals surface area contributed by atoms with Crippen LogP contribution in [-0.4, -0.2) is 35.2 Å². The number of aromatic nitrogens is 2. The Balaban J connectivity index is 2.48. The van der Waals surface area contributed by atoms with E-state index in [9.17, 15) is 26.4 Å². The molecule has 0 amide bonds. The van der Waals surface area contributed by atoms with Crippen molar-refractivity contribution in [1.29, 1.82) is 0 Å². The minimum Gasteiger partial charge on any atom is -0.481 e. The zero-order chi connectivity index (χ0) is 18.7. The van der Waals surface area contributed by atoms with Crippen molar-refractivity contribution in [3.8, 4) is 11.3 Å². The zero-order valence-corrected chi connectivity index (χ0v) is 13.5. The van der Waals surface area contributed by atoms with E-state index in [1.165, 1.54) is 12.1 Å². The van der Waals surface area contributed by atoms with Gasteiger partial charge in [0.1, 0.15) is 5.69 Å². The maximum absolute atomic E-state index is 13.0.